The predicted molar refractivity (Wildman–Crippen MR) is 71.7 cm³/mol. The van der Waals surface area contributed by atoms with Crippen molar-refractivity contribution in [2.75, 3.05) is 21.3 Å². The lowest BCUT2D eigenvalue weighted by Crippen LogP contribution is -1.93. The molecule has 0 bridgehead atoms. The van der Waals surface area contributed by atoms with Gasteiger partial charge in [0.05, 0.1) is 21.3 Å². The molecule has 0 aliphatic heterocycles. The number of carbonyl (C=O) groups excluding carboxylic acids is 2. The van der Waals surface area contributed by atoms with Crippen LogP contribution in [0.3, 0.4) is 0 Å². The lowest BCUT2D eigenvalue weighted by Gasteiger charge is -1.98. The second-order valence-electron chi connectivity index (χ2n) is 3.33. The van der Waals surface area contributed by atoms with Gasteiger partial charge < -0.3 is 14.2 Å². The summed E-state index contributed by atoms with van der Waals surface area (Å²) in [6.45, 7) is 1.36. The fourth-order valence-corrected chi connectivity index (χ4v) is 0.947. The Morgan fingerprint density at radius 1 is 1.00 bits per heavy atom. The first-order chi connectivity index (χ1) is 9.03. The molecule has 104 valence electrons. The molecule has 5 heteroatoms. The summed E-state index contributed by atoms with van der Waals surface area (Å²) < 4.78 is 13.6. The quantitative estimate of drug-likeness (QED) is 0.619. The Kier molecular flexibility index (Phi) is 8.53. The molecule has 0 unspecified atom stereocenters. The van der Waals surface area contributed by atoms with E-state index in [4.69, 9.17) is 4.74 Å². The molecule has 0 saturated heterocycles. The predicted octanol–water partition coefficient (Wildman–Crippen LogP) is 2.06. The van der Waals surface area contributed by atoms with Crippen LogP contribution in [0.1, 0.15) is 12.5 Å². The molecule has 19 heavy (non-hydrogen) atoms. The van der Waals surface area contributed by atoms with E-state index in [9.17, 15) is 9.59 Å². The van der Waals surface area contributed by atoms with Crippen LogP contribution in [0.4, 0.5) is 0 Å². The van der Waals surface area contributed by atoms with Gasteiger partial charge in [-0.1, -0.05) is 12.1 Å². The Morgan fingerprint density at radius 2 is 1.53 bits per heavy atom. The molecule has 0 spiro atoms. The van der Waals surface area contributed by atoms with Crippen molar-refractivity contribution in [2.45, 2.75) is 6.92 Å². The molecular formula is C14H18O5. The number of hydrogen-bond acceptors (Lipinski definition) is 5. The minimum atomic E-state index is -0.360. The summed E-state index contributed by atoms with van der Waals surface area (Å²) in [4.78, 5) is 20.4. The number of benzene rings is 1. The SMILES string of the molecule is COC(=O)C=Cc1ccc(OC)cc1.COC(C)=O. The number of hydrogen-bond donors (Lipinski definition) is 0. The molecule has 0 heterocycles. The summed E-state index contributed by atoms with van der Waals surface area (Å²) in [5.41, 5.74) is 0.927. The minimum Gasteiger partial charge on any atom is -0.497 e. The van der Waals surface area contributed by atoms with Gasteiger partial charge in [-0.05, 0) is 23.8 Å². The minimum absolute atomic E-state index is 0.245. The summed E-state index contributed by atoms with van der Waals surface area (Å²) in [5.74, 6) is 0.186. The van der Waals surface area contributed by atoms with Crippen LogP contribution >= 0.6 is 0 Å². The van der Waals surface area contributed by atoms with Gasteiger partial charge in [0, 0.05) is 13.0 Å². The topological polar surface area (TPSA) is 61.8 Å². The van der Waals surface area contributed by atoms with Crippen LogP contribution in [-0.2, 0) is 19.1 Å². The van der Waals surface area contributed by atoms with Gasteiger partial charge in [-0.3, -0.25) is 4.79 Å². The van der Waals surface area contributed by atoms with Crippen molar-refractivity contribution in [3.05, 3.63) is 35.9 Å². The van der Waals surface area contributed by atoms with Gasteiger partial charge in [-0.2, -0.15) is 0 Å². The first-order valence-electron chi connectivity index (χ1n) is 5.48. The molecule has 0 amide bonds. The second-order valence-corrected chi connectivity index (χ2v) is 3.33. The normalized spacial score (nSPS) is 9.26. The van der Waals surface area contributed by atoms with Crippen molar-refractivity contribution in [1.29, 1.82) is 0 Å². The van der Waals surface area contributed by atoms with Crippen LogP contribution in [0, 0.1) is 0 Å². The average molecular weight is 266 g/mol. The van der Waals surface area contributed by atoms with Crippen LogP contribution in [0.25, 0.3) is 6.08 Å². The molecule has 0 atom stereocenters. The van der Waals surface area contributed by atoms with Crippen molar-refractivity contribution in [3.8, 4) is 5.75 Å². The third-order valence-corrected chi connectivity index (χ3v) is 2.02. The van der Waals surface area contributed by atoms with Gasteiger partial charge >= 0.3 is 11.9 Å². The molecule has 0 aromatic heterocycles. The summed E-state index contributed by atoms with van der Waals surface area (Å²) in [6.07, 6.45) is 3.06. The lowest BCUT2D eigenvalue weighted by molar-refractivity contribution is -0.138. The fourth-order valence-electron chi connectivity index (χ4n) is 0.947. The third kappa shape index (κ3) is 8.43. The van der Waals surface area contributed by atoms with Gasteiger partial charge in [-0.15, -0.1) is 0 Å². The second kappa shape index (κ2) is 9.70. The maximum absolute atomic E-state index is 10.8. The zero-order valence-corrected chi connectivity index (χ0v) is 11.5. The zero-order valence-electron chi connectivity index (χ0n) is 11.5. The van der Waals surface area contributed by atoms with E-state index in [1.807, 2.05) is 24.3 Å². The Balaban J connectivity index is 0.000000555. The highest BCUT2D eigenvalue weighted by atomic mass is 16.5. The molecule has 1 aromatic carbocycles. The molecule has 5 nitrogen and oxygen atoms in total. The molecule has 1 aromatic rings. The third-order valence-electron chi connectivity index (χ3n) is 2.02. The summed E-state index contributed by atoms with van der Waals surface area (Å²) in [7, 11) is 4.31. The fraction of sp³-hybridized carbons (Fsp3) is 0.286. The standard InChI is InChI=1S/C11H12O3.C3H6O2/c1-13-10-6-3-9(4-7-10)5-8-11(12)14-2;1-3(4)5-2/h3-8H,1-2H3;1-2H3. The van der Waals surface area contributed by atoms with E-state index >= 15 is 0 Å². The Labute approximate surface area is 112 Å². The van der Waals surface area contributed by atoms with Gasteiger partial charge in [0.1, 0.15) is 5.75 Å². The number of esters is 2. The van der Waals surface area contributed by atoms with Crippen molar-refractivity contribution < 1.29 is 23.8 Å². The molecule has 0 N–H and O–H groups in total. The highest BCUT2D eigenvalue weighted by Crippen LogP contribution is 2.12. The highest BCUT2D eigenvalue weighted by Gasteiger charge is 1.92. The number of rotatable bonds is 3. The Morgan fingerprint density at radius 3 is 1.89 bits per heavy atom. The first kappa shape index (κ1) is 16.7. The Hall–Kier alpha value is -2.30. The van der Waals surface area contributed by atoms with Crippen molar-refractivity contribution in [3.63, 3.8) is 0 Å². The lowest BCUT2D eigenvalue weighted by atomic mass is 10.2. The number of carbonyl (C=O) groups is 2. The smallest absolute Gasteiger partial charge is 0.330 e. The van der Waals surface area contributed by atoms with E-state index in [1.165, 1.54) is 27.2 Å². The van der Waals surface area contributed by atoms with Crippen LogP contribution in [0.2, 0.25) is 0 Å². The van der Waals surface area contributed by atoms with E-state index in [2.05, 4.69) is 9.47 Å². The molecule has 0 aliphatic carbocycles. The van der Waals surface area contributed by atoms with E-state index in [-0.39, 0.29) is 11.9 Å². The van der Waals surface area contributed by atoms with E-state index in [1.54, 1.807) is 13.2 Å². The van der Waals surface area contributed by atoms with Crippen LogP contribution in [-0.4, -0.2) is 33.3 Å². The van der Waals surface area contributed by atoms with Gasteiger partial charge in [0.15, 0.2) is 0 Å². The molecule has 1 rings (SSSR count). The zero-order chi connectivity index (χ0) is 14.7. The molecule has 0 radical (unpaired) electrons. The van der Waals surface area contributed by atoms with Crippen LogP contribution < -0.4 is 4.74 Å². The molecule has 0 saturated carbocycles. The van der Waals surface area contributed by atoms with E-state index in [0.717, 1.165) is 11.3 Å². The van der Waals surface area contributed by atoms with Crippen molar-refractivity contribution >= 4 is 18.0 Å². The summed E-state index contributed by atoms with van der Waals surface area (Å²) >= 11 is 0. The Bertz CT molecular complexity index is 420. The van der Waals surface area contributed by atoms with E-state index < -0.39 is 0 Å². The van der Waals surface area contributed by atoms with Crippen molar-refractivity contribution in [2.24, 2.45) is 0 Å². The largest absolute Gasteiger partial charge is 0.497 e. The molecule has 0 aliphatic rings. The summed E-state index contributed by atoms with van der Waals surface area (Å²) in [6, 6.07) is 7.38. The van der Waals surface area contributed by atoms with Crippen LogP contribution in [0.5, 0.6) is 5.75 Å². The maximum atomic E-state index is 10.8. The first-order valence-corrected chi connectivity index (χ1v) is 5.48. The summed E-state index contributed by atoms with van der Waals surface area (Å²) in [5, 5.41) is 0. The monoisotopic (exact) mass is 266 g/mol. The van der Waals surface area contributed by atoms with Crippen LogP contribution in [0.15, 0.2) is 30.3 Å². The van der Waals surface area contributed by atoms with Gasteiger partial charge in [0.2, 0.25) is 0 Å². The molecule has 0 fully saturated rings. The van der Waals surface area contributed by atoms with Gasteiger partial charge in [-0.25, -0.2) is 4.79 Å². The molecular weight excluding hydrogens is 248 g/mol. The van der Waals surface area contributed by atoms with Crippen molar-refractivity contribution in [1.82, 2.24) is 0 Å². The average Bonchev–Trinajstić information content (AvgIpc) is 2.45. The number of methoxy groups -OCH3 is 3. The number of ether oxygens (including phenoxy) is 3. The van der Waals surface area contributed by atoms with Gasteiger partial charge in [0.25, 0.3) is 0 Å². The maximum Gasteiger partial charge on any atom is 0.330 e. The van der Waals surface area contributed by atoms with E-state index in [0.29, 0.717) is 0 Å². The highest BCUT2D eigenvalue weighted by molar-refractivity contribution is 5.86.